The third kappa shape index (κ3) is 3.06. The lowest BCUT2D eigenvalue weighted by Gasteiger charge is -2.40. The Kier molecular flexibility index (Phi) is 4.68. The highest BCUT2D eigenvalue weighted by Crippen LogP contribution is 2.60. The number of hydrogen-bond acceptors (Lipinski definition) is 3. The van der Waals surface area contributed by atoms with E-state index in [0.717, 1.165) is 49.5 Å². The fraction of sp³-hybridized carbons (Fsp3) is 0.370. The van der Waals surface area contributed by atoms with Gasteiger partial charge in [0.2, 0.25) is 0 Å². The summed E-state index contributed by atoms with van der Waals surface area (Å²) < 4.78 is 0. The number of piperidine rings is 1. The number of hydrogen-bond donors (Lipinski definition) is 1. The van der Waals surface area contributed by atoms with E-state index in [-0.39, 0.29) is 5.41 Å². The molecule has 4 heteroatoms. The number of aliphatic hydroxyl groups excluding tert-OH is 1. The molecule has 158 valence electrons. The quantitative estimate of drug-likeness (QED) is 0.608. The van der Waals surface area contributed by atoms with Gasteiger partial charge in [0.15, 0.2) is 0 Å². The molecule has 2 bridgehead atoms. The first kappa shape index (κ1) is 19.5. The van der Waals surface area contributed by atoms with Crippen LogP contribution in [0.15, 0.2) is 67.0 Å². The second-order valence-electron chi connectivity index (χ2n) is 9.50. The fourth-order valence-corrected chi connectivity index (χ4v) is 6.62. The van der Waals surface area contributed by atoms with E-state index >= 15 is 0 Å². The van der Waals surface area contributed by atoms with Crippen LogP contribution in [-0.2, 0) is 5.41 Å². The van der Waals surface area contributed by atoms with Crippen LogP contribution in [0.3, 0.4) is 0 Å². The van der Waals surface area contributed by atoms with Gasteiger partial charge in [-0.05, 0) is 84.3 Å². The molecule has 1 aliphatic heterocycles. The first-order valence-electron chi connectivity index (χ1n) is 11.4. The Morgan fingerprint density at radius 2 is 1.84 bits per heavy atom. The van der Waals surface area contributed by atoms with Crippen LogP contribution < -0.4 is 0 Å². The van der Waals surface area contributed by atoms with Crippen LogP contribution in [0.25, 0.3) is 0 Å². The van der Waals surface area contributed by atoms with Crippen molar-refractivity contribution in [2.75, 3.05) is 19.6 Å². The maximum atomic E-state index is 10.8. The molecule has 0 unspecified atom stereocenters. The molecule has 2 aliphatic carbocycles. The van der Waals surface area contributed by atoms with Crippen LogP contribution in [0, 0.1) is 5.92 Å². The minimum Gasteiger partial charge on any atom is -0.388 e. The normalized spacial score (nSPS) is 25.9. The van der Waals surface area contributed by atoms with Crippen molar-refractivity contribution in [1.29, 1.82) is 0 Å². The highest BCUT2D eigenvalue weighted by molar-refractivity contribution is 6.30. The van der Waals surface area contributed by atoms with Gasteiger partial charge in [0.05, 0.1) is 6.10 Å². The lowest BCUT2D eigenvalue weighted by Crippen LogP contribution is -2.44. The van der Waals surface area contributed by atoms with Gasteiger partial charge < -0.3 is 10.0 Å². The highest BCUT2D eigenvalue weighted by atomic mass is 35.5. The van der Waals surface area contributed by atoms with Crippen molar-refractivity contribution < 1.29 is 5.11 Å². The molecule has 1 fully saturated rings. The summed E-state index contributed by atoms with van der Waals surface area (Å²) in [4.78, 5) is 6.79. The number of nitrogens with zero attached hydrogens (tertiary/aromatic N) is 2. The molecule has 2 heterocycles. The third-order valence-electron chi connectivity index (χ3n) is 7.91. The van der Waals surface area contributed by atoms with Crippen molar-refractivity contribution in [1.82, 2.24) is 9.88 Å². The fourth-order valence-electron chi connectivity index (χ4n) is 6.45. The van der Waals surface area contributed by atoms with E-state index in [2.05, 4.69) is 46.3 Å². The molecule has 3 aliphatic rings. The van der Waals surface area contributed by atoms with Gasteiger partial charge >= 0.3 is 0 Å². The van der Waals surface area contributed by atoms with Crippen LogP contribution in [0.1, 0.15) is 59.1 Å². The average molecular weight is 431 g/mol. The number of benzene rings is 2. The van der Waals surface area contributed by atoms with E-state index in [4.69, 9.17) is 11.6 Å². The Morgan fingerprint density at radius 3 is 2.65 bits per heavy atom. The van der Waals surface area contributed by atoms with Gasteiger partial charge in [0, 0.05) is 35.3 Å². The summed E-state index contributed by atoms with van der Waals surface area (Å²) >= 11 is 6.46. The zero-order chi connectivity index (χ0) is 21.0. The molecule has 1 saturated heterocycles. The monoisotopic (exact) mass is 430 g/mol. The summed E-state index contributed by atoms with van der Waals surface area (Å²) in [5, 5.41) is 11.7. The number of rotatable bonds is 4. The molecule has 3 atom stereocenters. The standard InChI is InChI=1S/C27H27ClN2O/c28-20-7-8-22-23-15-27(25(22)14-20,24-6-2-1-5-21(23)24)17-30-12-9-18(10-13-30)26(31)19-4-3-11-29-16-19/h1-8,11,14,16,18,23,26,31H,9-10,12-13,15,17H2/t23-,26+,27+/m0/s1. The van der Waals surface area contributed by atoms with Gasteiger partial charge in [-0.25, -0.2) is 0 Å². The van der Waals surface area contributed by atoms with Crippen molar-refractivity contribution >= 4 is 11.6 Å². The lowest BCUT2D eigenvalue weighted by atomic mass is 9.74. The number of aliphatic hydroxyl groups is 1. The van der Waals surface area contributed by atoms with E-state index in [9.17, 15) is 5.11 Å². The van der Waals surface area contributed by atoms with Gasteiger partial charge in [-0.15, -0.1) is 0 Å². The van der Waals surface area contributed by atoms with Crippen LogP contribution in [0.5, 0.6) is 0 Å². The summed E-state index contributed by atoms with van der Waals surface area (Å²) in [5.74, 6) is 0.792. The number of pyridine rings is 1. The first-order valence-corrected chi connectivity index (χ1v) is 11.7. The Hall–Kier alpha value is -2.20. The molecule has 0 spiro atoms. The minimum absolute atomic E-state index is 0.0380. The van der Waals surface area contributed by atoms with E-state index in [1.807, 2.05) is 18.2 Å². The maximum Gasteiger partial charge on any atom is 0.0833 e. The molecule has 3 nitrogen and oxygen atoms in total. The van der Waals surface area contributed by atoms with E-state index in [1.54, 1.807) is 12.4 Å². The summed E-state index contributed by atoms with van der Waals surface area (Å²) in [7, 11) is 0. The summed E-state index contributed by atoms with van der Waals surface area (Å²) in [6, 6.07) is 19.4. The van der Waals surface area contributed by atoms with Crippen LogP contribution in [0.4, 0.5) is 0 Å². The first-order chi connectivity index (χ1) is 15.2. The van der Waals surface area contributed by atoms with Gasteiger partial charge in [0.25, 0.3) is 0 Å². The summed E-state index contributed by atoms with van der Waals surface area (Å²) in [6.07, 6.45) is 6.32. The predicted octanol–water partition coefficient (Wildman–Crippen LogP) is 5.32. The topological polar surface area (TPSA) is 36.4 Å². The molecular weight excluding hydrogens is 404 g/mol. The lowest BCUT2D eigenvalue weighted by molar-refractivity contribution is 0.0538. The molecule has 0 amide bonds. The van der Waals surface area contributed by atoms with Crippen molar-refractivity contribution in [3.63, 3.8) is 0 Å². The number of aromatic nitrogens is 1. The smallest absolute Gasteiger partial charge is 0.0833 e. The predicted molar refractivity (Wildman–Crippen MR) is 123 cm³/mol. The van der Waals surface area contributed by atoms with Crippen molar-refractivity contribution in [3.05, 3.63) is 99.8 Å². The molecule has 1 N–H and O–H groups in total. The second-order valence-corrected chi connectivity index (χ2v) is 9.94. The number of likely N-dealkylation sites (tertiary alicyclic amines) is 1. The second kappa shape index (κ2) is 7.44. The van der Waals surface area contributed by atoms with Crippen LogP contribution in [0.2, 0.25) is 5.02 Å². The Bertz CT molecular complexity index is 1110. The van der Waals surface area contributed by atoms with Gasteiger partial charge in [-0.3, -0.25) is 4.98 Å². The molecule has 3 aromatic rings. The maximum absolute atomic E-state index is 10.8. The number of halogens is 1. The SMILES string of the molecule is O[C@@H](c1cccnc1)C1CCN(C[C@]23C[C@@H](c4ccccc42)c2ccc(Cl)cc23)CC1. The zero-order valence-corrected chi connectivity index (χ0v) is 18.3. The van der Waals surface area contributed by atoms with E-state index in [0.29, 0.717) is 11.8 Å². The zero-order valence-electron chi connectivity index (χ0n) is 17.5. The largest absolute Gasteiger partial charge is 0.388 e. The third-order valence-corrected chi connectivity index (χ3v) is 8.14. The Labute approximate surface area is 188 Å². The highest BCUT2D eigenvalue weighted by Gasteiger charge is 2.53. The summed E-state index contributed by atoms with van der Waals surface area (Å²) in [6.45, 7) is 3.07. The van der Waals surface area contributed by atoms with Crippen molar-refractivity contribution in [2.45, 2.75) is 36.7 Å². The summed E-state index contributed by atoms with van der Waals surface area (Å²) in [5.41, 5.74) is 6.86. The van der Waals surface area contributed by atoms with Crippen LogP contribution in [-0.4, -0.2) is 34.6 Å². The van der Waals surface area contributed by atoms with E-state index < -0.39 is 6.10 Å². The van der Waals surface area contributed by atoms with E-state index in [1.165, 1.54) is 22.3 Å². The molecule has 0 radical (unpaired) electrons. The molecule has 0 saturated carbocycles. The molecule has 31 heavy (non-hydrogen) atoms. The molecule has 6 rings (SSSR count). The van der Waals surface area contributed by atoms with Crippen molar-refractivity contribution in [3.8, 4) is 0 Å². The van der Waals surface area contributed by atoms with Gasteiger partial charge in [-0.1, -0.05) is 48.0 Å². The molecule has 1 aromatic heterocycles. The molecule has 2 aromatic carbocycles. The van der Waals surface area contributed by atoms with Crippen molar-refractivity contribution in [2.24, 2.45) is 5.92 Å². The van der Waals surface area contributed by atoms with Crippen LogP contribution >= 0.6 is 11.6 Å². The Balaban J connectivity index is 1.25. The molecular formula is C27H27ClN2O. The number of fused-ring (bicyclic) bond motifs is 8. The minimum atomic E-state index is -0.420. The average Bonchev–Trinajstić information content (AvgIpc) is 3.31. The Morgan fingerprint density at radius 1 is 1.03 bits per heavy atom. The van der Waals surface area contributed by atoms with Gasteiger partial charge in [-0.2, -0.15) is 0 Å². The van der Waals surface area contributed by atoms with Gasteiger partial charge in [0.1, 0.15) is 0 Å².